The second-order valence-corrected chi connectivity index (χ2v) is 11.9. The largest absolute Gasteiger partial charge is 0.462 e. The number of hydrogen-bond acceptors (Lipinski definition) is 4. The van der Waals surface area contributed by atoms with E-state index in [1.165, 1.54) is 24.5 Å². The summed E-state index contributed by atoms with van der Waals surface area (Å²) in [6.45, 7) is 8.71. The van der Waals surface area contributed by atoms with Crippen molar-refractivity contribution >= 4 is 11.8 Å². The fourth-order valence-corrected chi connectivity index (χ4v) is 8.62. The molecule has 3 saturated carbocycles. The van der Waals surface area contributed by atoms with E-state index in [9.17, 15) is 9.59 Å². The highest BCUT2D eigenvalue weighted by Crippen LogP contribution is 2.66. The van der Waals surface area contributed by atoms with Crippen LogP contribution in [0.2, 0.25) is 0 Å². The zero-order valence-electron chi connectivity index (χ0n) is 21.2. The van der Waals surface area contributed by atoms with Gasteiger partial charge in [-0.25, -0.2) is 0 Å². The van der Waals surface area contributed by atoms with Crippen LogP contribution in [0.3, 0.4) is 0 Å². The quantitative estimate of drug-likeness (QED) is 0.380. The number of fused-ring (bicyclic) bond motifs is 5. The van der Waals surface area contributed by atoms with Crippen molar-refractivity contribution in [1.82, 2.24) is 0 Å². The van der Waals surface area contributed by atoms with Crippen LogP contribution < -0.4 is 0 Å². The Morgan fingerprint density at radius 1 is 1.03 bits per heavy atom. The van der Waals surface area contributed by atoms with Crippen LogP contribution >= 0.6 is 0 Å². The lowest BCUT2D eigenvalue weighted by Crippen LogP contribution is -2.51. The summed E-state index contributed by atoms with van der Waals surface area (Å²) >= 11 is 0. The van der Waals surface area contributed by atoms with Gasteiger partial charge in [0, 0.05) is 19.3 Å². The van der Waals surface area contributed by atoms with E-state index in [2.05, 4.69) is 32.1 Å². The molecule has 0 N–H and O–H groups in total. The lowest BCUT2D eigenvalue weighted by atomic mass is 9.47. The molecule has 4 aliphatic carbocycles. The van der Waals surface area contributed by atoms with Gasteiger partial charge in [-0.2, -0.15) is 0 Å². The van der Waals surface area contributed by atoms with E-state index < -0.39 is 0 Å². The van der Waals surface area contributed by atoms with Gasteiger partial charge in [-0.05, 0) is 79.6 Å². The molecule has 0 unspecified atom stereocenters. The summed E-state index contributed by atoms with van der Waals surface area (Å²) in [4.78, 5) is 24.5. The first-order valence-corrected chi connectivity index (χ1v) is 13.2. The Morgan fingerprint density at radius 2 is 1.79 bits per heavy atom. The number of esters is 1. The predicted molar refractivity (Wildman–Crippen MR) is 132 cm³/mol. The second kappa shape index (κ2) is 8.93. The standard InChI is InChI=1S/C30H40O4/c1-19(31)28-27(33-18-21-8-6-5-7-9-21)17-26-24-11-10-22-16-23(34-20(2)32)12-14-29(22,3)25(24)13-15-30(26,28)4/h5-10,23-28H,11-18H2,1-4H3/t23-,24-,25+,26+,27-,28-,29-,30-/m1/s1. The molecule has 0 heterocycles. The fourth-order valence-electron chi connectivity index (χ4n) is 8.62. The molecule has 0 spiro atoms. The molecule has 3 fully saturated rings. The smallest absolute Gasteiger partial charge is 0.302 e. The molecule has 0 saturated heterocycles. The third-order valence-corrected chi connectivity index (χ3v) is 10.1. The van der Waals surface area contributed by atoms with Gasteiger partial charge in [0.2, 0.25) is 0 Å². The SMILES string of the molecule is CC(=O)O[C@@H]1CC[C@]2(C)C(=CC[C@H]3[C@@H]4C[C@@H](OCc5ccccc5)[C@@H](C(C)=O)[C@]4(C)CC[C@@H]32)C1. The van der Waals surface area contributed by atoms with Gasteiger partial charge in [0.25, 0.3) is 0 Å². The van der Waals surface area contributed by atoms with Gasteiger partial charge in [0.1, 0.15) is 11.9 Å². The maximum Gasteiger partial charge on any atom is 0.302 e. The lowest BCUT2D eigenvalue weighted by molar-refractivity contribution is -0.149. The minimum atomic E-state index is -0.168. The van der Waals surface area contributed by atoms with Gasteiger partial charge >= 0.3 is 5.97 Å². The van der Waals surface area contributed by atoms with Gasteiger partial charge in [-0.3, -0.25) is 9.59 Å². The van der Waals surface area contributed by atoms with E-state index >= 15 is 0 Å². The Kier molecular flexibility index (Phi) is 6.25. The molecule has 0 amide bonds. The van der Waals surface area contributed by atoms with E-state index in [-0.39, 0.29) is 34.9 Å². The number of rotatable bonds is 5. The third kappa shape index (κ3) is 3.96. The number of benzene rings is 1. The monoisotopic (exact) mass is 464 g/mol. The number of allylic oxidation sites excluding steroid dienone is 1. The molecule has 1 aromatic carbocycles. The number of carbonyl (C=O) groups is 2. The summed E-state index contributed by atoms with van der Waals surface area (Å²) in [6.07, 6.45) is 9.80. The molecule has 0 aromatic heterocycles. The van der Waals surface area contributed by atoms with E-state index in [0.717, 1.165) is 38.5 Å². The maximum atomic E-state index is 13.0. The van der Waals surface area contributed by atoms with Crippen LogP contribution in [0.15, 0.2) is 42.0 Å². The topological polar surface area (TPSA) is 52.6 Å². The summed E-state index contributed by atoms with van der Waals surface area (Å²) in [7, 11) is 0. The lowest BCUT2D eigenvalue weighted by Gasteiger charge is -2.57. The van der Waals surface area contributed by atoms with Crippen molar-refractivity contribution in [3.05, 3.63) is 47.5 Å². The number of hydrogen-bond donors (Lipinski definition) is 0. The summed E-state index contributed by atoms with van der Waals surface area (Å²) in [5.74, 6) is 1.87. The molecular weight excluding hydrogens is 424 g/mol. The zero-order chi connectivity index (χ0) is 24.1. The molecule has 0 bridgehead atoms. The molecule has 1 aromatic rings. The number of carbonyl (C=O) groups excluding carboxylic acids is 2. The van der Waals surface area contributed by atoms with Crippen LogP contribution in [-0.2, 0) is 25.7 Å². The summed E-state index contributed by atoms with van der Waals surface area (Å²) < 4.78 is 12.1. The van der Waals surface area contributed by atoms with Gasteiger partial charge in [-0.15, -0.1) is 0 Å². The number of Topliss-reactive ketones (excluding diaryl/α,β-unsaturated/α-hetero) is 1. The highest BCUT2D eigenvalue weighted by Gasteiger charge is 2.62. The average molecular weight is 465 g/mol. The molecular formula is C30H40O4. The normalized spacial score (nSPS) is 41.0. The number of ether oxygens (including phenoxy) is 2. The van der Waals surface area contributed by atoms with Crippen molar-refractivity contribution in [2.24, 2.45) is 34.5 Å². The number of ketones is 1. The first-order valence-electron chi connectivity index (χ1n) is 13.2. The van der Waals surface area contributed by atoms with Crippen molar-refractivity contribution in [2.75, 3.05) is 0 Å². The van der Waals surface area contributed by atoms with Crippen LogP contribution in [0.1, 0.15) is 78.2 Å². The van der Waals surface area contributed by atoms with Crippen LogP contribution in [0.25, 0.3) is 0 Å². The molecule has 4 nitrogen and oxygen atoms in total. The Balaban J connectivity index is 1.37. The minimum Gasteiger partial charge on any atom is -0.462 e. The minimum absolute atomic E-state index is 0.00402. The van der Waals surface area contributed by atoms with Crippen LogP contribution in [0.4, 0.5) is 0 Å². The summed E-state index contributed by atoms with van der Waals surface area (Å²) in [5, 5.41) is 0. The molecule has 184 valence electrons. The second-order valence-electron chi connectivity index (χ2n) is 11.9. The Labute approximate surface area is 204 Å². The van der Waals surface area contributed by atoms with E-state index in [4.69, 9.17) is 9.47 Å². The zero-order valence-corrected chi connectivity index (χ0v) is 21.2. The van der Waals surface area contributed by atoms with Gasteiger partial charge in [-0.1, -0.05) is 55.8 Å². The van der Waals surface area contributed by atoms with E-state index in [1.54, 1.807) is 6.92 Å². The molecule has 4 aliphatic rings. The summed E-state index contributed by atoms with van der Waals surface area (Å²) in [6, 6.07) is 10.3. The van der Waals surface area contributed by atoms with Gasteiger partial charge < -0.3 is 9.47 Å². The highest BCUT2D eigenvalue weighted by atomic mass is 16.5. The molecule has 4 heteroatoms. The predicted octanol–water partition coefficient (Wildman–Crippen LogP) is 6.28. The Bertz CT molecular complexity index is 967. The van der Waals surface area contributed by atoms with Crippen molar-refractivity contribution in [1.29, 1.82) is 0 Å². The van der Waals surface area contributed by atoms with Crippen molar-refractivity contribution in [2.45, 2.75) is 91.5 Å². The van der Waals surface area contributed by atoms with Crippen LogP contribution in [0, 0.1) is 34.5 Å². The fraction of sp³-hybridized carbons (Fsp3) is 0.667. The van der Waals surface area contributed by atoms with Crippen LogP contribution in [-0.4, -0.2) is 24.0 Å². The molecule has 34 heavy (non-hydrogen) atoms. The van der Waals surface area contributed by atoms with E-state index in [1.807, 2.05) is 18.2 Å². The average Bonchev–Trinajstić information content (AvgIpc) is 3.11. The van der Waals surface area contributed by atoms with Crippen molar-refractivity contribution < 1.29 is 19.1 Å². The first-order chi connectivity index (χ1) is 16.2. The summed E-state index contributed by atoms with van der Waals surface area (Å²) in [5.41, 5.74) is 2.89. The Hall–Kier alpha value is -1.94. The third-order valence-electron chi connectivity index (χ3n) is 10.1. The Morgan fingerprint density at radius 3 is 2.50 bits per heavy atom. The van der Waals surface area contributed by atoms with E-state index in [0.29, 0.717) is 30.1 Å². The van der Waals surface area contributed by atoms with Gasteiger partial charge in [0.15, 0.2) is 0 Å². The first kappa shape index (κ1) is 23.8. The maximum absolute atomic E-state index is 13.0. The van der Waals surface area contributed by atoms with Crippen molar-refractivity contribution in [3.63, 3.8) is 0 Å². The molecule has 0 aliphatic heterocycles. The molecule has 5 rings (SSSR count). The highest BCUT2D eigenvalue weighted by molar-refractivity contribution is 5.80. The van der Waals surface area contributed by atoms with Crippen molar-refractivity contribution in [3.8, 4) is 0 Å². The molecule has 0 radical (unpaired) electrons. The van der Waals surface area contributed by atoms with Crippen LogP contribution in [0.5, 0.6) is 0 Å². The van der Waals surface area contributed by atoms with Gasteiger partial charge in [0.05, 0.1) is 12.7 Å². The molecule has 8 atom stereocenters.